The third-order valence-electron chi connectivity index (χ3n) is 4.79. The lowest BCUT2D eigenvalue weighted by Crippen LogP contribution is -3.20. The molecule has 3 nitrogen and oxygen atoms in total. The lowest BCUT2D eigenvalue weighted by atomic mass is 9.97. The number of likely N-dealkylation sites (tertiary alicyclic amines) is 1. The molecule has 0 spiro atoms. The highest BCUT2D eigenvalue weighted by atomic mass is 16.5. The van der Waals surface area contributed by atoms with Gasteiger partial charge in [0, 0.05) is 0 Å². The molecule has 0 amide bonds. The maximum absolute atomic E-state index is 10.3. The quantitative estimate of drug-likeness (QED) is 0.869. The Balaban J connectivity index is 1.86. The highest BCUT2D eigenvalue weighted by molar-refractivity contribution is 5.35. The number of rotatable bonds is 5. The predicted molar refractivity (Wildman–Crippen MR) is 86.0 cm³/mol. The van der Waals surface area contributed by atoms with E-state index < -0.39 is 6.10 Å². The van der Waals surface area contributed by atoms with Crippen LogP contribution in [0.15, 0.2) is 18.2 Å². The molecule has 0 aliphatic carbocycles. The van der Waals surface area contributed by atoms with Gasteiger partial charge in [-0.1, -0.05) is 12.1 Å². The number of aryl methyl sites for hydroxylation is 2. The van der Waals surface area contributed by atoms with E-state index in [-0.39, 0.29) is 0 Å². The van der Waals surface area contributed by atoms with E-state index in [0.29, 0.717) is 18.7 Å². The number of piperidine rings is 1. The highest BCUT2D eigenvalue weighted by Gasteiger charge is 2.30. The Bertz CT molecular complexity index is 451. The van der Waals surface area contributed by atoms with E-state index in [9.17, 15) is 5.11 Å². The third-order valence-corrected chi connectivity index (χ3v) is 4.79. The van der Waals surface area contributed by atoms with Crippen LogP contribution in [0.3, 0.4) is 0 Å². The van der Waals surface area contributed by atoms with Crippen LogP contribution < -0.4 is 9.64 Å². The fraction of sp³-hybridized carbons (Fsp3) is 0.667. The number of aliphatic hydroxyl groups excluding tert-OH is 1. The summed E-state index contributed by atoms with van der Waals surface area (Å²) in [5.41, 5.74) is 2.31. The smallest absolute Gasteiger partial charge is 0.137 e. The Morgan fingerprint density at radius 2 is 1.90 bits per heavy atom. The second-order valence-electron chi connectivity index (χ2n) is 6.75. The Kier molecular flexibility index (Phi) is 5.65. The zero-order valence-electron chi connectivity index (χ0n) is 13.9. The lowest BCUT2D eigenvalue weighted by molar-refractivity contribution is -0.954. The molecule has 3 atom stereocenters. The van der Waals surface area contributed by atoms with Crippen molar-refractivity contribution in [2.75, 3.05) is 13.2 Å². The molecular formula is C18H30NO2+. The van der Waals surface area contributed by atoms with E-state index in [1.54, 1.807) is 0 Å². The summed E-state index contributed by atoms with van der Waals surface area (Å²) in [7, 11) is 0. The topological polar surface area (TPSA) is 33.9 Å². The second kappa shape index (κ2) is 7.28. The average Bonchev–Trinajstić information content (AvgIpc) is 2.44. The monoisotopic (exact) mass is 292 g/mol. The van der Waals surface area contributed by atoms with E-state index in [1.807, 2.05) is 13.0 Å². The molecule has 1 heterocycles. The number of aliphatic hydroxyl groups is 1. The molecule has 0 unspecified atom stereocenters. The largest absolute Gasteiger partial charge is 0.490 e. The maximum atomic E-state index is 10.3. The Labute approximate surface area is 128 Å². The van der Waals surface area contributed by atoms with E-state index in [2.05, 4.69) is 32.9 Å². The van der Waals surface area contributed by atoms with E-state index in [1.165, 1.54) is 29.7 Å². The summed E-state index contributed by atoms with van der Waals surface area (Å²) in [4.78, 5) is 1.53. The van der Waals surface area contributed by atoms with Gasteiger partial charge in [-0.25, -0.2) is 0 Å². The van der Waals surface area contributed by atoms with Crippen molar-refractivity contribution in [3.05, 3.63) is 29.3 Å². The Hall–Kier alpha value is -1.06. The van der Waals surface area contributed by atoms with E-state index in [4.69, 9.17) is 4.74 Å². The van der Waals surface area contributed by atoms with Gasteiger partial charge in [-0.05, 0) is 64.2 Å². The number of hydrogen-bond donors (Lipinski definition) is 2. The fourth-order valence-corrected chi connectivity index (χ4v) is 3.37. The number of hydrogen-bond acceptors (Lipinski definition) is 2. The molecular weight excluding hydrogens is 262 g/mol. The van der Waals surface area contributed by atoms with Crippen LogP contribution >= 0.6 is 0 Å². The summed E-state index contributed by atoms with van der Waals surface area (Å²) in [6, 6.07) is 7.48. The van der Waals surface area contributed by atoms with Crippen molar-refractivity contribution >= 4 is 0 Å². The van der Waals surface area contributed by atoms with E-state index in [0.717, 1.165) is 17.9 Å². The first-order valence-corrected chi connectivity index (χ1v) is 8.21. The van der Waals surface area contributed by atoms with Gasteiger partial charge in [0.05, 0.1) is 12.1 Å². The summed E-state index contributed by atoms with van der Waals surface area (Å²) >= 11 is 0. The Morgan fingerprint density at radius 1 is 1.24 bits per heavy atom. The van der Waals surface area contributed by atoms with Crippen LogP contribution in [-0.2, 0) is 0 Å². The van der Waals surface area contributed by atoms with Gasteiger partial charge in [-0.2, -0.15) is 0 Å². The van der Waals surface area contributed by atoms with Crippen LogP contribution in [0.4, 0.5) is 0 Å². The van der Waals surface area contributed by atoms with Gasteiger partial charge in [-0.15, -0.1) is 0 Å². The van der Waals surface area contributed by atoms with Crippen LogP contribution in [0.25, 0.3) is 0 Å². The zero-order valence-corrected chi connectivity index (χ0v) is 13.9. The first-order chi connectivity index (χ1) is 9.97. The number of ether oxygens (including phenoxy) is 1. The van der Waals surface area contributed by atoms with Crippen molar-refractivity contribution in [1.29, 1.82) is 0 Å². The predicted octanol–water partition coefficient (Wildman–Crippen LogP) is 1.89. The summed E-state index contributed by atoms with van der Waals surface area (Å²) in [5, 5.41) is 10.3. The normalized spacial score (nSPS) is 24.8. The molecule has 0 saturated carbocycles. The molecule has 0 radical (unpaired) electrons. The van der Waals surface area contributed by atoms with Crippen molar-refractivity contribution in [3.8, 4) is 5.75 Å². The van der Waals surface area contributed by atoms with Crippen molar-refractivity contribution in [2.45, 2.75) is 65.1 Å². The standard InChI is InChI=1S/C18H29NO2/c1-13-8-9-14(2)18(10-13)21-12-17(20)11-19-15(3)6-5-7-16(19)4/h8-10,15-17,20H,5-7,11-12H2,1-4H3/p+1/t15-,16-,17-/m1/s1. The molecule has 1 saturated heterocycles. The first-order valence-electron chi connectivity index (χ1n) is 8.21. The van der Waals surface area contributed by atoms with Crippen molar-refractivity contribution in [2.24, 2.45) is 0 Å². The minimum absolute atomic E-state index is 0.382. The molecule has 0 bridgehead atoms. The zero-order chi connectivity index (χ0) is 15.4. The molecule has 1 fully saturated rings. The fourth-order valence-electron chi connectivity index (χ4n) is 3.37. The minimum Gasteiger partial charge on any atom is -0.490 e. The van der Waals surface area contributed by atoms with E-state index >= 15 is 0 Å². The average molecular weight is 292 g/mol. The van der Waals surface area contributed by atoms with Gasteiger partial charge in [0.1, 0.15) is 25.0 Å². The van der Waals surface area contributed by atoms with Gasteiger partial charge in [0.25, 0.3) is 0 Å². The summed E-state index contributed by atoms with van der Waals surface area (Å²) in [6.07, 6.45) is 3.46. The maximum Gasteiger partial charge on any atom is 0.137 e. The lowest BCUT2D eigenvalue weighted by Gasteiger charge is -2.36. The van der Waals surface area contributed by atoms with Crippen LogP contribution in [0.1, 0.15) is 44.2 Å². The van der Waals surface area contributed by atoms with Crippen molar-refractivity contribution < 1.29 is 14.7 Å². The van der Waals surface area contributed by atoms with Gasteiger partial charge < -0.3 is 14.7 Å². The molecule has 1 aliphatic heterocycles. The molecule has 2 N–H and O–H groups in total. The highest BCUT2D eigenvalue weighted by Crippen LogP contribution is 2.19. The number of benzene rings is 1. The molecule has 0 aromatic heterocycles. The van der Waals surface area contributed by atoms with Gasteiger partial charge in [0.2, 0.25) is 0 Å². The van der Waals surface area contributed by atoms with Crippen LogP contribution in [-0.4, -0.2) is 36.4 Å². The minimum atomic E-state index is -0.400. The first kappa shape index (κ1) is 16.3. The second-order valence-corrected chi connectivity index (χ2v) is 6.75. The molecule has 1 aromatic rings. The molecule has 118 valence electrons. The molecule has 3 heteroatoms. The van der Waals surface area contributed by atoms with Gasteiger partial charge >= 0.3 is 0 Å². The van der Waals surface area contributed by atoms with Crippen LogP contribution in [0.2, 0.25) is 0 Å². The Morgan fingerprint density at radius 3 is 2.57 bits per heavy atom. The third kappa shape index (κ3) is 4.45. The van der Waals surface area contributed by atoms with Crippen LogP contribution in [0.5, 0.6) is 5.75 Å². The molecule has 1 aliphatic rings. The number of quaternary nitrogens is 1. The summed E-state index contributed by atoms with van der Waals surface area (Å²) < 4.78 is 5.83. The summed E-state index contributed by atoms with van der Waals surface area (Å²) in [5.74, 6) is 0.892. The van der Waals surface area contributed by atoms with Gasteiger partial charge in [-0.3, -0.25) is 0 Å². The molecule has 1 aromatic carbocycles. The SMILES string of the molecule is Cc1ccc(C)c(OC[C@H](O)C[NH+]2[C@H](C)CCC[C@H]2C)c1. The van der Waals surface area contributed by atoms with Crippen molar-refractivity contribution in [1.82, 2.24) is 0 Å². The molecule has 21 heavy (non-hydrogen) atoms. The van der Waals surface area contributed by atoms with Crippen molar-refractivity contribution in [3.63, 3.8) is 0 Å². The number of nitrogens with one attached hydrogen (secondary N) is 1. The summed E-state index contributed by atoms with van der Waals surface area (Å²) in [6.45, 7) is 9.86. The molecule has 2 rings (SSSR count). The van der Waals surface area contributed by atoms with Crippen LogP contribution in [0, 0.1) is 13.8 Å². The van der Waals surface area contributed by atoms with Gasteiger partial charge in [0.15, 0.2) is 0 Å².